The Hall–Kier alpha value is -1.73. The summed E-state index contributed by atoms with van der Waals surface area (Å²) in [6, 6.07) is 5.50. The number of carbonyl (C=O) groups excluding carboxylic acids is 2. The van der Waals surface area contributed by atoms with Crippen molar-refractivity contribution < 1.29 is 9.59 Å². The van der Waals surface area contributed by atoms with Crippen molar-refractivity contribution in [1.82, 2.24) is 10.3 Å². The van der Waals surface area contributed by atoms with E-state index in [1.54, 1.807) is 17.0 Å². The predicted molar refractivity (Wildman–Crippen MR) is 82.0 cm³/mol. The molecular weight excluding hydrogens is 342 g/mol. The third-order valence-corrected chi connectivity index (χ3v) is 3.99. The van der Waals surface area contributed by atoms with Crippen LogP contribution >= 0.6 is 27.3 Å². The zero-order valence-corrected chi connectivity index (χ0v) is 13.0. The van der Waals surface area contributed by atoms with Gasteiger partial charge in [-0.25, -0.2) is 4.98 Å². The Labute approximate surface area is 128 Å². The molecule has 5 nitrogen and oxygen atoms in total. The molecule has 2 aromatic rings. The highest BCUT2D eigenvalue weighted by Crippen LogP contribution is 2.19. The Kier molecular flexibility index (Phi) is 4.86. The molecule has 0 saturated heterocycles. The Morgan fingerprint density at radius 3 is 2.85 bits per heavy atom. The number of hydrogen-bond acceptors (Lipinski definition) is 4. The number of benzene rings is 1. The molecule has 0 saturated carbocycles. The lowest BCUT2D eigenvalue weighted by atomic mass is 10.2. The molecule has 0 aliphatic carbocycles. The summed E-state index contributed by atoms with van der Waals surface area (Å²) in [5.74, 6) is -0.635. The minimum absolute atomic E-state index is 0.0918. The van der Waals surface area contributed by atoms with Gasteiger partial charge in [0, 0.05) is 15.5 Å². The fraction of sp³-hybridized carbons (Fsp3) is 0.154. The fourth-order valence-corrected chi connectivity index (χ4v) is 2.28. The lowest BCUT2D eigenvalue weighted by Crippen LogP contribution is -2.33. The molecule has 0 spiro atoms. The number of aromatic nitrogens is 1. The van der Waals surface area contributed by atoms with E-state index >= 15 is 0 Å². The van der Waals surface area contributed by atoms with Crippen molar-refractivity contribution in [2.45, 2.75) is 6.92 Å². The van der Waals surface area contributed by atoms with E-state index in [0.29, 0.717) is 11.4 Å². The number of anilines is 1. The largest absolute Gasteiger partial charge is 0.342 e. The average Bonchev–Trinajstić information content (AvgIpc) is 2.94. The zero-order chi connectivity index (χ0) is 14.5. The zero-order valence-electron chi connectivity index (χ0n) is 10.6. The lowest BCUT2D eigenvalue weighted by Gasteiger charge is -2.07. The van der Waals surface area contributed by atoms with E-state index in [0.717, 1.165) is 10.0 Å². The number of hydrogen-bond donors (Lipinski definition) is 2. The molecule has 7 heteroatoms. The van der Waals surface area contributed by atoms with Crippen LogP contribution in [0.1, 0.15) is 16.1 Å². The van der Waals surface area contributed by atoms with E-state index in [2.05, 4.69) is 31.5 Å². The summed E-state index contributed by atoms with van der Waals surface area (Å²) in [4.78, 5) is 27.2. The molecule has 0 aliphatic rings. The van der Waals surface area contributed by atoms with Crippen molar-refractivity contribution in [1.29, 1.82) is 0 Å². The van der Waals surface area contributed by atoms with Gasteiger partial charge in [0.1, 0.15) is 5.69 Å². The third-order valence-electron chi connectivity index (χ3n) is 2.52. The summed E-state index contributed by atoms with van der Waals surface area (Å²) < 4.78 is 0.979. The maximum atomic E-state index is 11.7. The number of thiazole rings is 1. The number of nitrogens with zero attached hydrogens (tertiary/aromatic N) is 1. The van der Waals surface area contributed by atoms with Gasteiger partial charge in [0.15, 0.2) is 0 Å². The number of aryl methyl sites for hydroxylation is 1. The van der Waals surface area contributed by atoms with Crippen LogP contribution in [0.15, 0.2) is 33.6 Å². The lowest BCUT2D eigenvalue weighted by molar-refractivity contribution is -0.115. The third kappa shape index (κ3) is 3.88. The Morgan fingerprint density at radius 1 is 1.40 bits per heavy atom. The summed E-state index contributed by atoms with van der Waals surface area (Å²) in [6.45, 7) is 1.84. The van der Waals surface area contributed by atoms with Crippen LogP contribution in [0.4, 0.5) is 5.69 Å². The maximum Gasteiger partial charge on any atom is 0.271 e. The average molecular weight is 354 g/mol. The molecule has 1 aromatic carbocycles. The van der Waals surface area contributed by atoms with E-state index in [4.69, 9.17) is 0 Å². The molecule has 0 unspecified atom stereocenters. The SMILES string of the molecule is Cc1cc(NC(=O)CNC(=O)c2cscn2)ccc1Br. The number of halogens is 1. The van der Waals surface area contributed by atoms with Crippen LogP contribution in [0.25, 0.3) is 0 Å². The van der Waals surface area contributed by atoms with Gasteiger partial charge < -0.3 is 10.6 Å². The first-order chi connectivity index (χ1) is 9.56. The second-order valence-corrected chi connectivity index (χ2v) is 5.64. The second-order valence-electron chi connectivity index (χ2n) is 4.07. The first kappa shape index (κ1) is 14.7. The molecule has 2 rings (SSSR count). The molecule has 1 aromatic heterocycles. The van der Waals surface area contributed by atoms with E-state index in [1.165, 1.54) is 11.3 Å². The van der Waals surface area contributed by atoms with Crippen molar-refractivity contribution in [3.8, 4) is 0 Å². The molecule has 1 heterocycles. The molecule has 0 atom stereocenters. The Morgan fingerprint density at radius 2 is 2.20 bits per heavy atom. The summed E-state index contributed by atoms with van der Waals surface area (Å²) >= 11 is 4.72. The van der Waals surface area contributed by atoms with Crippen LogP contribution in [0, 0.1) is 6.92 Å². The standard InChI is InChI=1S/C13H12BrN3O2S/c1-8-4-9(2-3-10(8)14)17-12(18)5-15-13(19)11-6-20-7-16-11/h2-4,6-7H,5H2,1H3,(H,15,19)(H,17,18). The number of nitrogens with one attached hydrogen (secondary N) is 2. The van der Waals surface area contributed by atoms with E-state index in [-0.39, 0.29) is 18.4 Å². The molecule has 0 bridgehead atoms. The number of carbonyl (C=O) groups is 2. The van der Waals surface area contributed by atoms with Crippen LogP contribution < -0.4 is 10.6 Å². The van der Waals surface area contributed by atoms with Gasteiger partial charge in [-0.2, -0.15) is 0 Å². The van der Waals surface area contributed by atoms with Crippen LogP contribution in [0.3, 0.4) is 0 Å². The van der Waals surface area contributed by atoms with Gasteiger partial charge in [0.25, 0.3) is 5.91 Å². The fourth-order valence-electron chi connectivity index (χ4n) is 1.50. The van der Waals surface area contributed by atoms with E-state index in [1.807, 2.05) is 19.1 Å². The maximum absolute atomic E-state index is 11.7. The number of amides is 2. The van der Waals surface area contributed by atoms with Crippen LogP contribution in [0.5, 0.6) is 0 Å². The van der Waals surface area contributed by atoms with Gasteiger partial charge in [-0.15, -0.1) is 11.3 Å². The first-order valence-corrected chi connectivity index (χ1v) is 7.52. The highest BCUT2D eigenvalue weighted by molar-refractivity contribution is 9.10. The van der Waals surface area contributed by atoms with Crippen LogP contribution in [-0.2, 0) is 4.79 Å². The van der Waals surface area contributed by atoms with E-state index in [9.17, 15) is 9.59 Å². The van der Waals surface area contributed by atoms with Gasteiger partial charge >= 0.3 is 0 Å². The summed E-state index contributed by atoms with van der Waals surface area (Å²) in [6.07, 6.45) is 0. The highest BCUT2D eigenvalue weighted by Gasteiger charge is 2.09. The van der Waals surface area contributed by atoms with Crippen molar-refractivity contribution in [3.05, 3.63) is 44.8 Å². The molecule has 20 heavy (non-hydrogen) atoms. The van der Waals surface area contributed by atoms with Gasteiger partial charge in [0.2, 0.25) is 5.91 Å². The molecule has 104 valence electrons. The van der Waals surface area contributed by atoms with Crippen LogP contribution in [0.2, 0.25) is 0 Å². The van der Waals surface area contributed by atoms with E-state index < -0.39 is 0 Å². The monoisotopic (exact) mass is 353 g/mol. The summed E-state index contributed by atoms with van der Waals surface area (Å²) in [7, 11) is 0. The molecule has 0 radical (unpaired) electrons. The molecule has 0 fully saturated rings. The minimum atomic E-state index is -0.353. The van der Waals surface area contributed by atoms with Gasteiger partial charge in [0.05, 0.1) is 12.1 Å². The summed E-state index contributed by atoms with van der Waals surface area (Å²) in [5.41, 5.74) is 3.61. The highest BCUT2D eigenvalue weighted by atomic mass is 79.9. The minimum Gasteiger partial charge on any atom is -0.342 e. The molecule has 2 N–H and O–H groups in total. The predicted octanol–water partition coefficient (Wildman–Crippen LogP) is 2.58. The quantitative estimate of drug-likeness (QED) is 0.887. The smallest absolute Gasteiger partial charge is 0.271 e. The van der Waals surface area contributed by atoms with Crippen molar-refractivity contribution in [2.75, 3.05) is 11.9 Å². The first-order valence-electron chi connectivity index (χ1n) is 5.78. The van der Waals surface area contributed by atoms with Gasteiger partial charge in [-0.1, -0.05) is 15.9 Å². The van der Waals surface area contributed by atoms with Crippen molar-refractivity contribution >= 4 is 44.8 Å². The van der Waals surface area contributed by atoms with Gasteiger partial charge in [-0.05, 0) is 30.7 Å². The van der Waals surface area contributed by atoms with Crippen molar-refractivity contribution in [3.63, 3.8) is 0 Å². The second kappa shape index (κ2) is 6.62. The number of rotatable bonds is 4. The summed E-state index contributed by atoms with van der Waals surface area (Å²) in [5, 5.41) is 6.86. The normalized spacial score (nSPS) is 10.1. The van der Waals surface area contributed by atoms with Crippen LogP contribution in [-0.4, -0.2) is 23.3 Å². The Bertz CT molecular complexity index is 629. The van der Waals surface area contributed by atoms with Crippen molar-refractivity contribution in [2.24, 2.45) is 0 Å². The molecule has 2 amide bonds. The molecule has 0 aliphatic heterocycles. The Balaban J connectivity index is 1.86. The molecular formula is C13H12BrN3O2S. The van der Waals surface area contributed by atoms with Gasteiger partial charge in [-0.3, -0.25) is 9.59 Å². The topological polar surface area (TPSA) is 71.1 Å².